The Morgan fingerprint density at radius 2 is 2.00 bits per heavy atom. The third-order valence-electron chi connectivity index (χ3n) is 2.60. The van der Waals surface area contributed by atoms with Crippen LogP contribution in [0.4, 0.5) is 11.4 Å². The van der Waals surface area contributed by atoms with Crippen molar-refractivity contribution >= 4 is 33.0 Å². The van der Waals surface area contributed by atoms with Crippen LogP contribution >= 0.6 is 11.6 Å². The van der Waals surface area contributed by atoms with Gasteiger partial charge in [0.2, 0.25) is 0 Å². The minimum Gasteiger partial charge on any atom is -0.273 e. The predicted octanol–water partition coefficient (Wildman–Crippen LogP) is 2.75. The van der Waals surface area contributed by atoms with E-state index in [4.69, 9.17) is 11.6 Å². The fourth-order valence-electron chi connectivity index (χ4n) is 1.60. The lowest BCUT2D eigenvalue weighted by atomic mass is 10.2. The van der Waals surface area contributed by atoms with Crippen LogP contribution in [0.2, 0.25) is 5.15 Å². The highest BCUT2D eigenvalue weighted by molar-refractivity contribution is 7.92. The van der Waals surface area contributed by atoms with Gasteiger partial charge < -0.3 is 0 Å². The Morgan fingerprint density at radius 1 is 1.29 bits per heavy atom. The molecule has 21 heavy (non-hydrogen) atoms. The maximum atomic E-state index is 12.2. The lowest BCUT2D eigenvalue weighted by molar-refractivity contribution is -0.383. The minimum atomic E-state index is -3.97. The zero-order chi connectivity index (χ0) is 15.6. The highest BCUT2D eigenvalue weighted by Crippen LogP contribution is 2.27. The van der Waals surface area contributed by atoms with Gasteiger partial charge in [-0.1, -0.05) is 17.7 Å². The predicted molar refractivity (Wildman–Crippen MR) is 77.9 cm³/mol. The summed E-state index contributed by atoms with van der Waals surface area (Å²) in [5.41, 5.74) is 0.221. The van der Waals surface area contributed by atoms with Gasteiger partial charge in [-0.05, 0) is 30.7 Å². The third kappa shape index (κ3) is 3.47. The fourth-order valence-corrected chi connectivity index (χ4v) is 2.73. The number of nitro benzene ring substituents is 1. The van der Waals surface area contributed by atoms with Gasteiger partial charge in [0.1, 0.15) is 15.7 Å². The summed E-state index contributed by atoms with van der Waals surface area (Å²) in [6.07, 6.45) is 1.07. The summed E-state index contributed by atoms with van der Waals surface area (Å²) in [5, 5.41) is 11.1. The van der Waals surface area contributed by atoms with E-state index >= 15 is 0 Å². The number of sulfonamides is 1. The van der Waals surface area contributed by atoms with Crippen molar-refractivity contribution in [3.63, 3.8) is 0 Å². The average Bonchev–Trinajstić information content (AvgIpc) is 2.41. The molecule has 110 valence electrons. The summed E-state index contributed by atoms with van der Waals surface area (Å²) in [4.78, 5) is 13.9. The summed E-state index contributed by atoms with van der Waals surface area (Å²) in [6, 6.07) is 6.79. The third-order valence-corrected chi connectivity index (χ3v) is 4.18. The molecule has 1 N–H and O–H groups in total. The van der Waals surface area contributed by atoms with Crippen LogP contribution in [0.25, 0.3) is 0 Å². The van der Waals surface area contributed by atoms with Crippen molar-refractivity contribution in [1.82, 2.24) is 4.98 Å². The first-order valence-electron chi connectivity index (χ1n) is 5.69. The molecule has 7 nitrogen and oxygen atoms in total. The normalized spacial score (nSPS) is 11.1. The number of aromatic nitrogens is 1. The summed E-state index contributed by atoms with van der Waals surface area (Å²) in [6.45, 7) is 1.67. The van der Waals surface area contributed by atoms with Gasteiger partial charge in [-0.25, -0.2) is 13.4 Å². The van der Waals surface area contributed by atoms with Gasteiger partial charge in [-0.2, -0.15) is 0 Å². The molecule has 1 aromatic heterocycles. The van der Waals surface area contributed by atoms with Crippen molar-refractivity contribution in [1.29, 1.82) is 0 Å². The van der Waals surface area contributed by atoms with Gasteiger partial charge >= 0.3 is 0 Å². The first-order chi connectivity index (χ1) is 9.79. The highest BCUT2D eigenvalue weighted by atomic mass is 35.5. The molecule has 0 bridgehead atoms. The Morgan fingerprint density at radius 3 is 2.57 bits per heavy atom. The van der Waals surface area contributed by atoms with E-state index in [1.165, 1.54) is 24.3 Å². The Kier molecular flexibility index (Phi) is 4.10. The van der Waals surface area contributed by atoms with Gasteiger partial charge in [0.15, 0.2) is 0 Å². The van der Waals surface area contributed by atoms with Crippen LogP contribution in [0.3, 0.4) is 0 Å². The number of hydrogen-bond acceptors (Lipinski definition) is 5. The zero-order valence-corrected chi connectivity index (χ0v) is 12.4. The van der Waals surface area contributed by atoms with E-state index in [-0.39, 0.29) is 21.4 Å². The Hall–Kier alpha value is -2.19. The van der Waals surface area contributed by atoms with Crippen molar-refractivity contribution in [3.8, 4) is 0 Å². The van der Waals surface area contributed by atoms with Crippen LogP contribution in [0.5, 0.6) is 0 Å². The molecule has 0 aliphatic carbocycles. The van der Waals surface area contributed by atoms with Crippen molar-refractivity contribution in [2.24, 2.45) is 0 Å². The maximum absolute atomic E-state index is 12.2. The number of aryl methyl sites for hydroxylation is 1. The van der Waals surface area contributed by atoms with Crippen LogP contribution < -0.4 is 4.72 Å². The average molecular weight is 328 g/mol. The van der Waals surface area contributed by atoms with E-state index in [0.29, 0.717) is 5.56 Å². The van der Waals surface area contributed by atoms with E-state index in [2.05, 4.69) is 9.71 Å². The summed E-state index contributed by atoms with van der Waals surface area (Å²) in [7, 11) is -3.97. The minimum absolute atomic E-state index is 0.111. The molecule has 0 spiro atoms. The van der Waals surface area contributed by atoms with Crippen LogP contribution in [-0.2, 0) is 10.0 Å². The summed E-state index contributed by atoms with van der Waals surface area (Å²) in [5.74, 6) is 0. The van der Waals surface area contributed by atoms with E-state index < -0.39 is 14.9 Å². The van der Waals surface area contributed by atoms with E-state index in [9.17, 15) is 18.5 Å². The molecule has 2 aromatic rings. The van der Waals surface area contributed by atoms with Crippen LogP contribution in [0, 0.1) is 17.0 Å². The maximum Gasteiger partial charge on any atom is 0.293 e. The molecule has 0 saturated heterocycles. The molecule has 0 radical (unpaired) electrons. The van der Waals surface area contributed by atoms with Gasteiger partial charge in [-0.15, -0.1) is 0 Å². The highest BCUT2D eigenvalue weighted by Gasteiger charge is 2.21. The number of anilines is 1. The first kappa shape index (κ1) is 15.2. The second-order valence-corrected chi connectivity index (χ2v) is 6.27. The number of nitro groups is 1. The molecule has 1 aromatic carbocycles. The van der Waals surface area contributed by atoms with Crippen molar-refractivity contribution in [3.05, 3.63) is 57.4 Å². The van der Waals surface area contributed by atoms with Crippen LogP contribution in [-0.4, -0.2) is 18.3 Å². The van der Waals surface area contributed by atoms with Crippen molar-refractivity contribution < 1.29 is 13.3 Å². The van der Waals surface area contributed by atoms with Gasteiger partial charge in [-0.3, -0.25) is 14.8 Å². The standard InChI is InChI=1S/C12H10ClN3O4S/c1-8-2-4-10(11(6-8)16(17)18)15-21(19,20)9-3-5-12(13)14-7-9/h2-7,15H,1H3. The topological polar surface area (TPSA) is 102 Å². The molecule has 0 unspecified atom stereocenters. The van der Waals surface area contributed by atoms with Gasteiger partial charge in [0.25, 0.3) is 15.7 Å². The molecule has 1 heterocycles. The molecule has 0 aliphatic rings. The monoisotopic (exact) mass is 327 g/mol. The second-order valence-electron chi connectivity index (χ2n) is 4.20. The summed E-state index contributed by atoms with van der Waals surface area (Å²) >= 11 is 5.59. The Labute approximate surface area is 125 Å². The largest absolute Gasteiger partial charge is 0.293 e. The zero-order valence-electron chi connectivity index (χ0n) is 10.8. The Bertz CT molecular complexity index is 791. The lowest BCUT2D eigenvalue weighted by Crippen LogP contribution is -2.14. The first-order valence-corrected chi connectivity index (χ1v) is 7.55. The molecule has 9 heteroatoms. The van der Waals surface area contributed by atoms with Crippen LogP contribution in [0.1, 0.15) is 5.56 Å². The number of nitrogens with one attached hydrogen (secondary N) is 1. The van der Waals surface area contributed by atoms with Gasteiger partial charge in [0, 0.05) is 12.3 Å². The van der Waals surface area contributed by atoms with Crippen molar-refractivity contribution in [2.45, 2.75) is 11.8 Å². The van der Waals surface area contributed by atoms with Crippen molar-refractivity contribution in [2.75, 3.05) is 4.72 Å². The molecular weight excluding hydrogens is 318 g/mol. The Balaban J connectivity index is 2.41. The van der Waals surface area contributed by atoms with Gasteiger partial charge in [0.05, 0.1) is 4.92 Å². The van der Waals surface area contributed by atoms with E-state index in [1.807, 2.05) is 0 Å². The van der Waals surface area contributed by atoms with E-state index in [0.717, 1.165) is 6.20 Å². The SMILES string of the molecule is Cc1ccc(NS(=O)(=O)c2ccc(Cl)nc2)c([N+](=O)[O-])c1. The molecule has 2 rings (SSSR count). The number of hydrogen-bond donors (Lipinski definition) is 1. The number of nitrogens with zero attached hydrogens (tertiary/aromatic N) is 2. The smallest absolute Gasteiger partial charge is 0.273 e. The second kappa shape index (κ2) is 5.66. The van der Waals surface area contributed by atoms with Crippen LogP contribution in [0.15, 0.2) is 41.4 Å². The molecule has 0 amide bonds. The molecular formula is C12H10ClN3O4S. The number of pyridine rings is 1. The number of benzene rings is 1. The van der Waals surface area contributed by atoms with E-state index in [1.54, 1.807) is 13.0 Å². The molecule has 0 fully saturated rings. The number of halogens is 1. The number of rotatable bonds is 4. The molecule has 0 aliphatic heterocycles. The lowest BCUT2D eigenvalue weighted by Gasteiger charge is -2.08. The fraction of sp³-hybridized carbons (Fsp3) is 0.0833. The molecule has 0 saturated carbocycles. The molecule has 0 atom stereocenters. The quantitative estimate of drug-likeness (QED) is 0.528. The summed E-state index contributed by atoms with van der Waals surface area (Å²) < 4.78 is 26.5.